The molecule has 3 fully saturated rings. The zero-order valence-corrected chi connectivity index (χ0v) is 26.6. The largest absolute Gasteiger partial charge is 0.508 e. The van der Waals surface area contributed by atoms with Crippen molar-refractivity contribution in [2.45, 2.75) is 28.5 Å². The predicted octanol–water partition coefficient (Wildman–Crippen LogP) is 7.11. The molecule has 8 rings (SSSR count). The number of fused-ring (bicyclic) bond motifs is 5. The number of anilines is 2. The van der Waals surface area contributed by atoms with Gasteiger partial charge in [-0.05, 0) is 84.1 Å². The van der Waals surface area contributed by atoms with Crippen LogP contribution in [0.1, 0.15) is 24.3 Å². The molecule has 11 heteroatoms. The fraction of sp³-hybridized carbons (Fsp3) is 0.222. The summed E-state index contributed by atoms with van der Waals surface area (Å²) in [4.78, 5) is 54.9. The van der Waals surface area contributed by atoms with Gasteiger partial charge in [0.15, 0.2) is 9.75 Å². The number of nitrogens with zero attached hydrogens (tertiary/aromatic N) is 2. The Morgan fingerprint density at radius 2 is 1.43 bits per heavy atom. The van der Waals surface area contributed by atoms with Crippen molar-refractivity contribution >= 4 is 80.6 Å². The Hall–Kier alpha value is -4.24. The van der Waals surface area contributed by atoms with Crippen LogP contribution in [-0.2, 0) is 19.2 Å². The minimum atomic E-state index is -2.17. The molecule has 4 amide bonds. The summed E-state index contributed by atoms with van der Waals surface area (Å²) in [5.74, 6) is -6.90. The van der Waals surface area contributed by atoms with Gasteiger partial charge in [0.05, 0.1) is 23.2 Å². The van der Waals surface area contributed by atoms with Gasteiger partial charge in [-0.3, -0.25) is 24.1 Å². The van der Waals surface area contributed by atoms with E-state index in [0.717, 1.165) is 27.3 Å². The molecule has 2 aliphatic carbocycles. The van der Waals surface area contributed by atoms with E-state index in [1.807, 2.05) is 18.2 Å². The molecule has 0 unspecified atom stereocenters. The summed E-state index contributed by atoms with van der Waals surface area (Å²) < 4.78 is 13.9. The molecular weight excluding hydrogens is 666 g/mol. The number of phenols is 1. The Labute approximate surface area is 283 Å². The van der Waals surface area contributed by atoms with Gasteiger partial charge in [0.25, 0.3) is 11.8 Å². The summed E-state index contributed by atoms with van der Waals surface area (Å²) in [6, 6.07) is 21.6. The Morgan fingerprint density at radius 1 is 0.766 bits per heavy atom. The van der Waals surface area contributed by atoms with E-state index in [2.05, 4.69) is 0 Å². The highest BCUT2D eigenvalue weighted by Crippen LogP contribution is 2.67. The second-order valence-corrected chi connectivity index (χ2v) is 14.1. The smallest absolute Gasteiger partial charge is 0.258 e. The van der Waals surface area contributed by atoms with Crippen LogP contribution in [0.15, 0.2) is 96.6 Å². The van der Waals surface area contributed by atoms with E-state index in [-0.39, 0.29) is 29.8 Å². The Balaban J connectivity index is 1.35. The maximum absolute atomic E-state index is 14.6. The average Bonchev–Trinajstić information content (AvgIpc) is 3.40. The van der Waals surface area contributed by atoms with Crippen LogP contribution in [0.4, 0.5) is 15.8 Å². The van der Waals surface area contributed by atoms with Gasteiger partial charge in [0.1, 0.15) is 11.6 Å². The summed E-state index contributed by atoms with van der Waals surface area (Å²) in [6.45, 7) is 0. The second kappa shape index (κ2) is 10.4. The molecule has 4 aliphatic rings. The van der Waals surface area contributed by atoms with E-state index >= 15 is 0 Å². The highest BCUT2D eigenvalue weighted by atomic mass is 35.5. The van der Waals surface area contributed by atoms with Gasteiger partial charge in [-0.1, -0.05) is 53.6 Å². The van der Waals surface area contributed by atoms with Crippen LogP contribution in [0.2, 0.25) is 5.02 Å². The molecule has 2 saturated heterocycles. The van der Waals surface area contributed by atoms with Gasteiger partial charge in [0, 0.05) is 16.5 Å². The number of benzene rings is 4. The number of alkyl halides is 2. The summed E-state index contributed by atoms with van der Waals surface area (Å²) in [5, 5.41) is 13.3. The first-order valence-electron chi connectivity index (χ1n) is 15.0. The third kappa shape index (κ3) is 3.98. The van der Waals surface area contributed by atoms with Crippen molar-refractivity contribution in [2.75, 3.05) is 9.80 Å². The Bertz CT molecular complexity index is 2090. The fourth-order valence-corrected chi connectivity index (χ4v) is 9.19. The number of aromatic hydroxyl groups is 1. The molecule has 0 aromatic heterocycles. The number of imide groups is 2. The third-order valence-electron chi connectivity index (χ3n) is 10.2. The van der Waals surface area contributed by atoms with Crippen LogP contribution in [0, 0.1) is 23.6 Å². The lowest BCUT2D eigenvalue weighted by Crippen LogP contribution is -2.60. The van der Waals surface area contributed by atoms with Crippen molar-refractivity contribution in [1.82, 2.24) is 0 Å². The molecule has 4 aromatic carbocycles. The van der Waals surface area contributed by atoms with E-state index in [9.17, 15) is 28.7 Å². The second-order valence-electron chi connectivity index (χ2n) is 12.5. The summed E-state index contributed by atoms with van der Waals surface area (Å²) in [7, 11) is 0. The van der Waals surface area contributed by atoms with Gasteiger partial charge in [-0.25, -0.2) is 9.29 Å². The predicted molar refractivity (Wildman–Crippen MR) is 176 cm³/mol. The van der Waals surface area contributed by atoms with Gasteiger partial charge in [0.2, 0.25) is 11.8 Å². The minimum absolute atomic E-state index is 0.0765. The first-order chi connectivity index (χ1) is 22.5. The molecule has 1 saturated carbocycles. The summed E-state index contributed by atoms with van der Waals surface area (Å²) in [5.41, 5.74) is 1.27. The SMILES string of the molecule is O=C1[C@H]2[C@H](CC=C3[C@H]2C[C@@]2(Cl)C(=O)N(c4ccc(F)cc4)C(=O)[C@@]2(Cl)[C@H]3c2c(O)ccc3ccccc23)C(=O)N1c1ccc(Cl)cc1. The molecule has 7 nitrogen and oxygen atoms in total. The first-order valence-corrected chi connectivity index (χ1v) is 16.2. The number of carbonyl (C=O) groups is 4. The number of rotatable bonds is 3. The van der Waals surface area contributed by atoms with Gasteiger partial charge < -0.3 is 5.11 Å². The third-order valence-corrected chi connectivity index (χ3v) is 11.9. The number of hydrogen-bond acceptors (Lipinski definition) is 5. The molecule has 0 spiro atoms. The lowest BCUT2D eigenvalue weighted by molar-refractivity contribution is -0.125. The normalized spacial score (nSPS) is 30.0. The molecular formula is C36H24Cl3FN2O5. The zero-order chi connectivity index (χ0) is 33.0. The molecule has 4 aromatic rings. The number of halogens is 4. The number of phenolic OH excluding ortho intramolecular Hbond substituents is 1. The summed E-state index contributed by atoms with van der Waals surface area (Å²) in [6.07, 6.45) is 1.75. The molecule has 2 heterocycles. The highest BCUT2D eigenvalue weighted by molar-refractivity contribution is 6.58. The molecule has 0 bridgehead atoms. The highest BCUT2D eigenvalue weighted by Gasteiger charge is 2.77. The van der Waals surface area contributed by atoms with Crippen LogP contribution < -0.4 is 9.80 Å². The fourth-order valence-electron chi connectivity index (χ4n) is 8.15. The van der Waals surface area contributed by atoms with Gasteiger partial charge in [-0.15, -0.1) is 23.2 Å². The van der Waals surface area contributed by atoms with Crippen molar-refractivity contribution in [3.63, 3.8) is 0 Å². The Morgan fingerprint density at radius 3 is 2.15 bits per heavy atom. The van der Waals surface area contributed by atoms with Crippen LogP contribution in [0.25, 0.3) is 10.8 Å². The zero-order valence-electron chi connectivity index (χ0n) is 24.4. The van der Waals surface area contributed by atoms with Crippen molar-refractivity contribution in [1.29, 1.82) is 0 Å². The maximum atomic E-state index is 14.6. The number of hydrogen-bond donors (Lipinski definition) is 1. The van der Waals surface area contributed by atoms with E-state index in [1.54, 1.807) is 42.5 Å². The lowest BCUT2D eigenvalue weighted by atomic mass is 9.56. The Kier molecular flexibility index (Phi) is 6.65. The number of amides is 4. The van der Waals surface area contributed by atoms with Crippen molar-refractivity contribution in [3.05, 3.63) is 113 Å². The van der Waals surface area contributed by atoms with Crippen molar-refractivity contribution < 1.29 is 28.7 Å². The van der Waals surface area contributed by atoms with Gasteiger partial charge >= 0.3 is 0 Å². The van der Waals surface area contributed by atoms with Crippen molar-refractivity contribution in [3.8, 4) is 5.75 Å². The van der Waals surface area contributed by atoms with E-state index in [4.69, 9.17) is 34.8 Å². The average molecular weight is 690 g/mol. The van der Waals surface area contributed by atoms with Gasteiger partial charge in [-0.2, -0.15) is 0 Å². The van der Waals surface area contributed by atoms with Crippen LogP contribution >= 0.6 is 34.8 Å². The maximum Gasteiger partial charge on any atom is 0.258 e. The first kappa shape index (κ1) is 30.1. The standard InChI is InChI=1S/C36H24Cl3FN2O5/c37-19-6-10-21(11-7-19)41-31(44)25-15-14-24-26(28(25)32(41)45)17-35(38)33(46)42(22-12-8-20(40)9-13-22)34(47)36(35,39)30(24)29-23-4-2-1-3-18(23)5-16-27(29)43/h1-14,16,25-26,28,30,43H,15,17H2/t25-,26+,28-,30+,35+,36-/m0/s1. The van der Waals surface area contributed by atoms with Crippen LogP contribution in [0.5, 0.6) is 5.75 Å². The lowest BCUT2D eigenvalue weighted by Gasteiger charge is -2.51. The molecule has 0 radical (unpaired) electrons. The molecule has 47 heavy (non-hydrogen) atoms. The monoisotopic (exact) mass is 688 g/mol. The van der Waals surface area contributed by atoms with Crippen LogP contribution in [-0.4, -0.2) is 38.5 Å². The van der Waals surface area contributed by atoms with Crippen molar-refractivity contribution in [2.24, 2.45) is 17.8 Å². The topological polar surface area (TPSA) is 95.0 Å². The number of carbonyl (C=O) groups excluding carboxylic acids is 4. The quantitative estimate of drug-likeness (QED) is 0.141. The summed E-state index contributed by atoms with van der Waals surface area (Å²) >= 11 is 21.0. The van der Waals surface area contributed by atoms with Crippen LogP contribution in [0.3, 0.4) is 0 Å². The van der Waals surface area contributed by atoms with E-state index < -0.39 is 62.9 Å². The minimum Gasteiger partial charge on any atom is -0.508 e. The van der Waals surface area contributed by atoms with E-state index in [1.165, 1.54) is 18.2 Å². The molecule has 6 atom stereocenters. The molecule has 236 valence electrons. The molecule has 2 aliphatic heterocycles. The molecule has 1 N–H and O–H groups in total. The number of allylic oxidation sites excluding steroid dienone is 2. The van der Waals surface area contributed by atoms with E-state index in [0.29, 0.717) is 21.7 Å².